The maximum atomic E-state index is 9.73. The van der Waals surface area contributed by atoms with E-state index in [0.717, 1.165) is 22.8 Å². The lowest BCUT2D eigenvalue weighted by Crippen LogP contribution is -2.08. The van der Waals surface area contributed by atoms with Crippen molar-refractivity contribution in [2.75, 3.05) is 5.32 Å². The van der Waals surface area contributed by atoms with Gasteiger partial charge in [0.15, 0.2) is 0 Å². The van der Waals surface area contributed by atoms with E-state index in [1.807, 2.05) is 50.2 Å². The molecule has 0 saturated heterocycles. The smallest absolute Gasteiger partial charge is 0.126 e. The maximum Gasteiger partial charge on any atom is 0.126 e. The number of benzene rings is 1. The van der Waals surface area contributed by atoms with Gasteiger partial charge in [-0.3, -0.25) is 0 Å². The summed E-state index contributed by atoms with van der Waals surface area (Å²) in [5.41, 5.74) is 1.83. The van der Waals surface area contributed by atoms with E-state index in [4.69, 9.17) is 4.42 Å². The van der Waals surface area contributed by atoms with Gasteiger partial charge in [-0.1, -0.05) is 18.2 Å². The van der Waals surface area contributed by atoms with Gasteiger partial charge in [-0.15, -0.1) is 0 Å². The number of anilines is 1. The molecule has 0 aliphatic rings. The van der Waals surface area contributed by atoms with E-state index < -0.39 is 6.10 Å². The Morgan fingerprint density at radius 3 is 2.44 bits per heavy atom. The Morgan fingerprint density at radius 1 is 1.11 bits per heavy atom. The van der Waals surface area contributed by atoms with Crippen molar-refractivity contribution < 1.29 is 9.52 Å². The number of rotatable bonds is 4. The zero-order chi connectivity index (χ0) is 13.1. The van der Waals surface area contributed by atoms with Gasteiger partial charge in [0.05, 0.1) is 12.1 Å². The average molecular weight is 245 g/mol. The lowest BCUT2D eigenvalue weighted by molar-refractivity contribution is 0.200. The fraction of sp³-hybridized carbons (Fsp3) is 0.333. The minimum Gasteiger partial charge on any atom is -0.464 e. The third-order valence-corrected chi connectivity index (χ3v) is 2.97. The molecule has 2 unspecified atom stereocenters. The van der Waals surface area contributed by atoms with Crippen molar-refractivity contribution in [1.82, 2.24) is 0 Å². The highest BCUT2D eigenvalue weighted by Gasteiger charge is 2.13. The standard InChI is InChI=1S/C15H19NO2/c1-10-8-9-15(18-10)11(2)16-14-7-5-4-6-13(14)12(3)17/h4-9,11-12,16-17H,1-3H3. The van der Waals surface area contributed by atoms with Gasteiger partial charge in [0, 0.05) is 11.3 Å². The molecule has 0 radical (unpaired) electrons. The molecule has 0 fully saturated rings. The summed E-state index contributed by atoms with van der Waals surface area (Å²) in [5.74, 6) is 1.80. The molecule has 2 aromatic rings. The SMILES string of the molecule is Cc1ccc(C(C)Nc2ccccc2C(C)O)o1. The summed E-state index contributed by atoms with van der Waals surface area (Å²) < 4.78 is 5.59. The second-order valence-electron chi connectivity index (χ2n) is 4.58. The molecule has 3 heteroatoms. The summed E-state index contributed by atoms with van der Waals surface area (Å²) >= 11 is 0. The van der Waals surface area contributed by atoms with Gasteiger partial charge in [-0.05, 0) is 39.0 Å². The van der Waals surface area contributed by atoms with E-state index in [2.05, 4.69) is 5.32 Å². The van der Waals surface area contributed by atoms with Crippen molar-refractivity contribution in [2.24, 2.45) is 0 Å². The van der Waals surface area contributed by atoms with Gasteiger partial charge in [0.2, 0.25) is 0 Å². The van der Waals surface area contributed by atoms with Crippen LogP contribution in [0.4, 0.5) is 5.69 Å². The summed E-state index contributed by atoms with van der Waals surface area (Å²) in [4.78, 5) is 0. The zero-order valence-corrected chi connectivity index (χ0v) is 11.0. The lowest BCUT2D eigenvalue weighted by atomic mass is 10.1. The van der Waals surface area contributed by atoms with Crippen LogP contribution in [0.25, 0.3) is 0 Å². The van der Waals surface area contributed by atoms with Crippen LogP contribution >= 0.6 is 0 Å². The first-order chi connectivity index (χ1) is 8.58. The average Bonchev–Trinajstić information content (AvgIpc) is 2.76. The molecular formula is C15H19NO2. The number of aliphatic hydroxyl groups is 1. The molecule has 96 valence electrons. The predicted molar refractivity (Wildman–Crippen MR) is 72.6 cm³/mol. The second kappa shape index (κ2) is 5.27. The first-order valence-electron chi connectivity index (χ1n) is 6.18. The predicted octanol–water partition coefficient (Wildman–Crippen LogP) is 3.81. The number of hydrogen-bond acceptors (Lipinski definition) is 3. The Labute approximate surface area is 107 Å². The molecule has 1 aromatic carbocycles. The molecule has 2 atom stereocenters. The largest absolute Gasteiger partial charge is 0.464 e. The molecule has 3 nitrogen and oxygen atoms in total. The molecule has 0 aliphatic heterocycles. The van der Waals surface area contributed by atoms with Crippen LogP contribution in [0.15, 0.2) is 40.8 Å². The van der Waals surface area contributed by atoms with Crippen LogP contribution < -0.4 is 5.32 Å². The Kier molecular flexibility index (Phi) is 3.72. The van der Waals surface area contributed by atoms with Gasteiger partial charge in [0.25, 0.3) is 0 Å². The van der Waals surface area contributed by atoms with Crippen LogP contribution in [-0.4, -0.2) is 5.11 Å². The molecule has 1 heterocycles. The minimum absolute atomic E-state index is 0.0681. The summed E-state index contributed by atoms with van der Waals surface area (Å²) in [6, 6.07) is 11.8. The van der Waals surface area contributed by atoms with Crippen molar-refractivity contribution in [3.05, 3.63) is 53.5 Å². The molecule has 2 N–H and O–H groups in total. The number of hydrogen-bond donors (Lipinski definition) is 2. The summed E-state index contributed by atoms with van der Waals surface area (Å²) in [6.07, 6.45) is -0.487. The molecule has 1 aromatic heterocycles. The third-order valence-electron chi connectivity index (χ3n) is 2.97. The maximum absolute atomic E-state index is 9.73. The van der Waals surface area contributed by atoms with E-state index in [9.17, 15) is 5.11 Å². The number of aryl methyl sites for hydroxylation is 1. The summed E-state index contributed by atoms with van der Waals surface area (Å²) in [6.45, 7) is 5.74. The minimum atomic E-state index is -0.487. The third kappa shape index (κ3) is 2.74. The number of para-hydroxylation sites is 1. The lowest BCUT2D eigenvalue weighted by Gasteiger charge is -2.17. The Morgan fingerprint density at radius 2 is 1.83 bits per heavy atom. The van der Waals surface area contributed by atoms with Crippen LogP contribution in [-0.2, 0) is 0 Å². The molecule has 2 rings (SSSR count). The fourth-order valence-corrected chi connectivity index (χ4v) is 1.98. The second-order valence-corrected chi connectivity index (χ2v) is 4.58. The molecule has 0 spiro atoms. The van der Waals surface area contributed by atoms with Crippen LogP contribution in [0.1, 0.15) is 43.1 Å². The molecular weight excluding hydrogens is 226 g/mol. The van der Waals surface area contributed by atoms with Gasteiger partial charge < -0.3 is 14.8 Å². The van der Waals surface area contributed by atoms with Crippen molar-refractivity contribution >= 4 is 5.69 Å². The van der Waals surface area contributed by atoms with Crippen LogP contribution in [0.2, 0.25) is 0 Å². The van der Waals surface area contributed by atoms with Crippen LogP contribution in [0, 0.1) is 6.92 Å². The highest BCUT2D eigenvalue weighted by molar-refractivity contribution is 5.53. The normalized spacial score (nSPS) is 14.2. The van der Waals surface area contributed by atoms with Gasteiger partial charge in [0.1, 0.15) is 11.5 Å². The van der Waals surface area contributed by atoms with E-state index in [-0.39, 0.29) is 6.04 Å². The topological polar surface area (TPSA) is 45.4 Å². The molecule has 0 bridgehead atoms. The first-order valence-corrected chi connectivity index (χ1v) is 6.18. The highest BCUT2D eigenvalue weighted by Crippen LogP contribution is 2.27. The monoisotopic (exact) mass is 245 g/mol. The quantitative estimate of drug-likeness (QED) is 0.860. The van der Waals surface area contributed by atoms with Gasteiger partial charge in [-0.2, -0.15) is 0 Å². The molecule has 0 aliphatic carbocycles. The van der Waals surface area contributed by atoms with E-state index in [1.54, 1.807) is 6.92 Å². The van der Waals surface area contributed by atoms with Crippen LogP contribution in [0.5, 0.6) is 0 Å². The van der Waals surface area contributed by atoms with E-state index >= 15 is 0 Å². The van der Waals surface area contributed by atoms with Crippen molar-refractivity contribution in [2.45, 2.75) is 32.9 Å². The van der Waals surface area contributed by atoms with Gasteiger partial charge in [-0.25, -0.2) is 0 Å². The van der Waals surface area contributed by atoms with Crippen molar-refractivity contribution in [3.63, 3.8) is 0 Å². The first kappa shape index (κ1) is 12.7. The Hall–Kier alpha value is -1.74. The Balaban J connectivity index is 2.19. The summed E-state index contributed by atoms with van der Waals surface area (Å²) in [5, 5.41) is 13.1. The number of aliphatic hydroxyl groups excluding tert-OH is 1. The highest BCUT2D eigenvalue weighted by atomic mass is 16.3. The van der Waals surface area contributed by atoms with Crippen molar-refractivity contribution in [1.29, 1.82) is 0 Å². The number of nitrogens with one attached hydrogen (secondary N) is 1. The van der Waals surface area contributed by atoms with Crippen molar-refractivity contribution in [3.8, 4) is 0 Å². The summed E-state index contributed by atoms with van der Waals surface area (Å²) in [7, 11) is 0. The molecule has 0 saturated carbocycles. The zero-order valence-electron chi connectivity index (χ0n) is 11.0. The molecule has 18 heavy (non-hydrogen) atoms. The van der Waals surface area contributed by atoms with E-state index in [1.165, 1.54) is 0 Å². The fourth-order valence-electron chi connectivity index (χ4n) is 1.98. The molecule has 0 amide bonds. The number of furan rings is 1. The van der Waals surface area contributed by atoms with E-state index in [0.29, 0.717) is 0 Å². The van der Waals surface area contributed by atoms with Gasteiger partial charge >= 0.3 is 0 Å². The van der Waals surface area contributed by atoms with Crippen LogP contribution in [0.3, 0.4) is 0 Å². The Bertz CT molecular complexity index is 517.